The summed E-state index contributed by atoms with van der Waals surface area (Å²) in [6, 6.07) is 0. The number of hydrogen-bond acceptors (Lipinski definition) is 2. The summed E-state index contributed by atoms with van der Waals surface area (Å²) >= 11 is 0. The number of hydrogen-bond donors (Lipinski definition) is 2. The van der Waals surface area contributed by atoms with Gasteiger partial charge >= 0.3 is 6.18 Å². The lowest BCUT2D eigenvalue weighted by molar-refractivity contribution is -0.133. The molecule has 0 aromatic carbocycles. The maximum Gasteiger partial charge on any atom is 0.390 e. The third-order valence-electron chi connectivity index (χ3n) is 2.95. The molecule has 2 nitrogen and oxygen atoms in total. The van der Waals surface area contributed by atoms with E-state index in [-0.39, 0.29) is 6.54 Å². The van der Waals surface area contributed by atoms with Crippen molar-refractivity contribution in [3.05, 3.63) is 0 Å². The Kier molecular flexibility index (Phi) is 6.13. The molecule has 1 rings (SSSR count). The van der Waals surface area contributed by atoms with E-state index in [1.807, 2.05) is 0 Å². The number of alkyl halides is 3. The van der Waals surface area contributed by atoms with E-state index >= 15 is 0 Å². The van der Waals surface area contributed by atoms with Crippen LogP contribution in [0.4, 0.5) is 13.2 Å². The summed E-state index contributed by atoms with van der Waals surface area (Å²) in [5, 5.41) is 6.18. The van der Waals surface area contributed by atoms with Gasteiger partial charge in [-0.05, 0) is 51.2 Å². The number of halogens is 3. The Hall–Kier alpha value is -0.290. The zero-order valence-corrected chi connectivity index (χ0v) is 9.58. The Morgan fingerprint density at radius 3 is 2.69 bits per heavy atom. The van der Waals surface area contributed by atoms with Crippen molar-refractivity contribution in [2.45, 2.75) is 38.3 Å². The molecule has 0 saturated carbocycles. The normalized spacial score (nSPS) is 22.3. The van der Waals surface area contributed by atoms with Gasteiger partial charge in [0, 0.05) is 6.54 Å². The summed E-state index contributed by atoms with van der Waals surface area (Å²) < 4.78 is 35.4. The van der Waals surface area contributed by atoms with E-state index in [9.17, 15) is 13.2 Å². The summed E-state index contributed by atoms with van der Waals surface area (Å²) in [5.74, 6) is 0.721. The summed E-state index contributed by atoms with van der Waals surface area (Å²) in [5.41, 5.74) is 0. The molecule has 0 aromatic rings. The highest BCUT2D eigenvalue weighted by atomic mass is 19.4. The molecule has 0 aliphatic carbocycles. The van der Waals surface area contributed by atoms with Crippen molar-refractivity contribution in [1.82, 2.24) is 10.6 Å². The van der Waals surface area contributed by atoms with E-state index < -0.39 is 12.6 Å². The molecule has 2 N–H and O–H groups in total. The van der Waals surface area contributed by atoms with Crippen molar-refractivity contribution in [2.24, 2.45) is 5.92 Å². The molecule has 1 saturated heterocycles. The molecule has 0 radical (unpaired) electrons. The molecular weight excluding hydrogens is 217 g/mol. The molecule has 0 bridgehead atoms. The third-order valence-corrected chi connectivity index (χ3v) is 2.95. The van der Waals surface area contributed by atoms with Gasteiger partial charge in [0.05, 0.1) is 6.42 Å². The number of rotatable bonds is 6. The first-order valence-corrected chi connectivity index (χ1v) is 6.06. The van der Waals surface area contributed by atoms with Crippen molar-refractivity contribution < 1.29 is 13.2 Å². The second kappa shape index (κ2) is 7.12. The second-order valence-corrected chi connectivity index (χ2v) is 4.47. The molecular formula is C11H21F3N2. The van der Waals surface area contributed by atoms with Crippen molar-refractivity contribution in [3.8, 4) is 0 Å². The van der Waals surface area contributed by atoms with Crippen LogP contribution in [0.15, 0.2) is 0 Å². The standard InChI is InChI=1S/C11H21F3N2/c12-11(13,14)5-8-15-6-1-3-10-4-2-7-16-9-10/h10,15-16H,1-9H2. The fourth-order valence-electron chi connectivity index (χ4n) is 2.04. The minimum Gasteiger partial charge on any atom is -0.316 e. The van der Waals surface area contributed by atoms with Crippen molar-refractivity contribution in [1.29, 1.82) is 0 Å². The molecule has 0 amide bonds. The van der Waals surface area contributed by atoms with Crippen LogP contribution in [-0.4, -0.2) is 32.4 Å². The van der Waals surface area contributed by atoms with Crippen molar-refractivity contribution in [2.75, 3.05) is 26.2 Å². The van der Waals surface area contributed by atoms with E-state index in [0.717, 1.165) is 31.8 Å². The van der Waals surface area contributed by atoms with Crippen LogP contribution in [0.2, 0.25) is 0 Å². The Bertz CT molecular complexity index is 177. The minimum absolute atomic E-state index is 0.0480. The molecule has 1 heterocycles. The quantitative estimate of drug-likeness (QED) is 0.694. The van der Waals surface area contributed by atoms with Gasteiger partial charge in [0.1, 0.15) is 0 Å². The fourth-order valence-corrected chi connectivity index (χ4v) is 2.04. The van der Waals surface area contributed by atoms with Crippen LogP contribution in [0.25, 0.3) is 0 Å². The van der Waals surface area contributed by atoms with Gasteiger partial charge in [-0.3, -0.25) is 0 Å². The Balaban J connectivity index is 1.87. The van der Waals surface area contributed by atoms with Crippen LogP contribution in [0.3, 0.4) is 0 Å². The van der Waals surface area contributed by atoms with Crippen LogP contribution < -0.4 is 10.6 Å². The van der Waals surface area contributed by atoms with Gasteiger partial charge in [-0.1, -0.05) is 0 Å². The van der Waals surface area contributed by atoms with Crippen LogP contribution in [0, 0.1) is 5.92 Å². The molecule has 1 unspecified atom stereocenters. The minimum atomic E-state index is -4.03. The smallest absolute Gasteiger partial charge is 0.316 e. The van der Waals surface area contributed by atoms with Gasteiger partial charge < -0.3 is 10.6 Å². The van der Waals surface area contributed by atoms with Crippen molar-refractivity contribution >= 4 is 0 Å². The van der Waals surface area contributed by atoms with E-state index in [0.29, 0.717) is 6.54 Å². The van der Waals surface area contributed by atoms with Crippen LogP contribution in [0.1, 0.15) is 32.1 Å². The van der Waals surface area contributed by atoms with Crippen LogP contribution in [0.5, 0.6) is 0 Å². The highest BCUT2D eigenvalue weighted by molar-refractivity contribution is 4.69. The topological polar surface area (TPSA) is 24.1 Å². The highest BCUT2D eigenvalue weighted by Gasteiger charge is 2.25. The van der Waals surface area contributed by atoms with Gasteiger partial charge in [-0.15, -0.1) is 0 Å². The Labute approximate surface area is 95.0 Å². The summed E-state index contributed by atoms with van der Waals surface area (Å²) in [4.78, 5) is 0. The monoisotopic (exact) mass is 238 g/mol. The molecule has 1 aliphatic rings. The van der Waals surface area contributed by atoms with Gasteiger partial charge in [0.25, 0.3) is 0 Å². The second-order valence-electron chi connectivity index (χ2n) is 4.47. The van der Waals surface area contributed by atoms with E-state index in [2.05, 4.69) is 10.6 Å². The SMILES string of the molecule is FC(F)(F)CCNCCCC1CCCNC1. The lowest BCUT2D eigenvalue weighted by Gasteiger charge is -2.22. The van der Waals surface area contributed by atoms with Crippen LogP contribution in [-0.2, 0) is 0 Å². The Morgan fingerprint density at radius 2 is 2.06 bits per heavy atom. The van der Waals surface area contributed by atoms with Crippen LogP contribution >= 0.6 is 0 Å². The fraction of sp³-hybridized carbons (Fsp3) is 1.00. The lowest BCUT2D eigenvalue weighted by Crippen LogP contribution is -2.30. The number of piperidine rings is 1. The molecule has 1 aliphatic heterocycles. The summed E-state index contributed by atoms with van der Waals surface area (Å²) in [7, 11) is 0. The van der Waals surface area contributed by atoms with Gasteiger partial charge in [-0.25, -0.2) is 0 Å². The summed E-state index contributed by atoms with van der Waals surface area (Å²) in [6.45, 7) is 2.93. The first kappa shape index (κ1) is 13.8. The van der Waals surface area contributed by atoms with Gasteiger partial charge in [0.2, 0.25) is 0 Å². The average Bonchev–Trinajstić information content (AvgIpc) is 2.23. The van der Waals surface area contributed by atoms with E-state index in [1.54, 1.807) is 0 Å². The van der Waals surface area contributed by atoms with Gasteiger partial charge in [0.15, 0.2) is 0 Å². The zero-order valence-electron chi connectivity index (χ0n) is 9.58. The molecule has 0 spiro atoms. The summed E-state index contributed by atoms with van der Waals surface area (Å²) in [6.07, 6.45) is -0.170. The maximum absolute atomic E-state index is 11.8. The predicted octanol–water partition coefficient (Wildman–Crippen LogP) is 2.31. The average molecular weight is 238 g/mol. The number of nitrogens with one attached hydrogen (secondary N) is 2. The Morgan fingerprint density at radius 1 is 1.25 bits per heavy atom. The first-order valence-electron chi connectivity index (χ1n) is 6.06. The van der Waals surface area contributed by atoms with Gasteiger partial charge in [-0.2, -0.15) is 13.2 Å². The van der Waals surface area contributed by atoms with E-state index in [1.165, 1.54) is 12.8 Å². The largest absolute Gasteiger partial charge is 0.390 e. The highest BCUT2D eigenvalue weighted by Crippen LogP contribution is 2.18. The maximum atomic E-state index is 11.8. The molecule has 5 heteroatoms. The zero-order chi connectivity index (χ0) is 11.9. The lowest BCUT2D eigenvalue weighted by atomic mass is 9.95. The predicted molar refractivity (Wildman–Crippen MR) is 58.4 cm³/mol. The van der Waals surface area contributed by atoms with E-state index in [4.69, 9.17) is 0 Å². The molecule has 1 atom stereocenters. The molecule has 16 heavy (non-hydrogen) atoms. The molecule has 1 fully saturated rings. The molecule has 96 valence electrons. The molecule has 0 aromatic heterocycles. The van der Waals surface area contributed by atoms with Crippen molar-refractivity contribution in [3.63, 3.8) is 0 Å². The first-order chi connectivity index (χ1) is 7.58. The third kappa shape index (κ3) is 7.06.